The Balaban J connectivity index is 1.74. The van der Waals surface area contributed by atoms with Crippen molar-refractivity contribution in [3.63, 3.8) is 0 Å². The highest BCUT2D eigenvalue weighted by molar-refractivity contribution is 6.13. The third-order valence-electron chi connectivity index (χ3n) is 4.58. The van der Waals surface area contributed by atoms with E-state index in [0.29, 0.717) is 11.3 Å². The Morgan fingerprint density at radius 3 is 2.43 bits per heavy atom. The first-order valence-corrected chi connectivity index (χ1v) is 6.90. The summed E-state index contributed by atoms with van der Waals surface area (Å²) in [6.45, 7) is 3.65. The number of fused-ring (bicyclic) bond motifs is 1. The maximum absolute atomic E-state index is 12.2. The van der Waals surface area contributed by atoms with Crippen LogP contribution in [-0.2, 0) is 9.59 Å². The smallest absolute Gasteiger partial charge is 0.234 e. The lowest BCUT2D eigenvalue weighted by Gasteiger charge is -2.19. The molecule has 0 bridgehead atoms. The standard InChI is InChI=1S/C16H17NO4/c1-16(2)12-13(16)15(20)17(14(12)19)8-11(18)9-5-4-6-10(7-9)21-3/h4-7,12-13H,8H2,1-3H3. The van der Waals surface area contributed by atoms with E-state index in [4.69, 9.17) is 4.74 Å². The number of Topliss-reactive ketones (excluding diaryl/α,β-unsaturated/α-hetero) is 1. The zero-order valence-electron chi connectivity index (χ0n) is 12.3. The van der Waals surface area contributed by atoms with Crippen LogP contribution in [0.2, 0.25) is 0 Å². The third kappa shape index (κ3) is 1.95. The number of imide groups is 1. The number of likely N-dealkylation sites (tertiary alicyclic amines) is 1. The van der Waals surface area contributed by atoms with E-state index in [1.807, 2.05) is 13.8 Å². The van der Waals surface area contributed by atoms with E-state index < -0.39 is 0 Å². The van der Waals surface area contributed by atoms with Crippen molar-refractivity contribution in [2.75, 3.05) is 13.7 Å². The number of nitrogens with zero attached hydrogens (tertiary/aromatic N) is 1. The fraction of sp³-hybridized carbons (Fsp3) is 0.438. The van der Waals surface area contributed by atoms with Crippen molar-refractivity contribution < 1.29 is 19.1 Å². The van der Waals surface area contributed by atoms with Crippen LogP contribution in [0.1, 0.15) is 24.2 Å². The first-order chi connectivity index (χ1) is 9.87. The number of carbonyl (C=O) groups is 3. The second-order valence-corrected chi connectivity index (χ2v) is 6.19. The molecule has 2 fully saturated rings. The SMILES string of the molecule is COc1cccc(C(=O)CN2C(=O)C3C(C2=O)C3(C)C)c1. The van der Waals surface area contributed by atoms with Crippen LogP contribution in [0.3, 0.4) is 0 Å². The van der Waals surface area contributed by atoms with E-state index in [1.165, 1.54) is 7.11 Å². The highest BCUT2D eigenvalue weighted by atomic mass is 16.5. The number of hydrogen-bond acceptors (Lipinski definition) is 4. The molecule has 0 radical (unpaired) electrons. The lowest BCUT2D eigenvalue weighted by atomic mass is 10.0. The average molecular weight is 287 g/mol. The second kappa shape index (κ2) is 4.41. The quantitative estimate of drug-likeness (QED) is 0.622. The molecule has 0 spiro atoms. The number of ether oxygens (including phenoxy) is 1. The van der Waals surface area contributed by atoms with Crippen molar-refractivity contribution in [3.8, 4) is 5.75 Å². The van der Waals surface area contributed by atoms with Crippen LogP contribution in [0.5, 0.6) is 5.75 Å². The van der Waals surface area contributed by atoms with Crippen LogP contribution >= 0.6 is 0 Å². The van der Waals surface area contributed by atoms with E-state index in [1.54, 1.807) is 24.3 Å². The molecule has 0 aromatic heterocycles. The van der Waals surface area contributed by atoms with Gasteiger partial charge in [0.15, 0.2) is 5.78 Å². The zero-order chi connectivity index (χ0) is 15.4. The highest BCUT2D eigenvalue weighted by Crippen LogP contribution is 2.63. The van der Waals surface area contributed by atoms with Gasteiger partial charge in [0.25, 0.3) is 0 Å². The zero-order valence-corrected chi connectivity index (χ0v) is 12.3. The maximum Gasteiger partial charge on any atom is 0.234 e. The molecule has 2 unspecified atom stereocenters. The Morgan fingerprint density at radius 2 is 1.86 bits per heavy atom. The molecular weight excluding hydrogens is 270 g/mol. The summed E-state index contributed by atoms with van der Waals surface area (Å²) < 4.78 is 5.07. The number of benzene rings is 1. The third-order valence-corrected chi connectivity index (χ3v) is 4.58. The molecule has 2 amide bonds. The first-order valence-electron chi connectivity index (χ1n) is 6.90. The highest BCUT2D eigenvalue weighted by Gasteiger charge is 2.72. The van der Waals surface area contributed by atoms with E-state index >= 15 is 0 Å². The summed E-state index contributed by atoms with van der Waals surface area (Å²) in [4.78, 5) is 37.7. The lowest BCUT2D eigenvalue weighted by Crippen LogP contribution is -2.39. The predicted octanol–water partition coefficient (Wildman–Crippen LogP) is 1.52. The number of carbonyl (C=O) groups excluding carboxylic acids is 3. The van der Waals surface area contributed by atoms with E-state index in [2.05, 4.69) is 0 Å². The van der Waals surface area contributed by atoms with Crippen molar-refractivity contribution in [3.05, 3.63) is 29.8 Å². The van der Waals surface area contributed by atoms with Gasteiger partial charge in [0.05, 0.1) is 25.5 Å². The molecule has 5 nitrogen and oxygen atoms in total. The van der Waals surface area contributed by atoms with Crippen molar-refractivity contribution >= 4 is 17.6 Å². The van der Waals surface area contributed by atoms with Crippen LogP contribution < -0.4 is 4.74 Å². The van der Waals surface area contributed by atoms with Gasteiger partial charge in [0.1, 0.15) is 5.75 Å². The van der Waals surface area contributed by atoms with Gasteiger partial charge in [0.2, 0.25) is 11.8 Å². The largest absolute Gasteiger partial charge is 0.497 e. The molecule has 1 heterocycles. The molecule has 1 saturated carbocycles. The van der Waals surface area contributed by atoms with Crippen LogP contribution in [0.25, 0.3) is 0 Å². The number of methoxy groups -OCH3 is 1. The summed E-state index contributed by atoms with van der Waals surface area (Å²) in [5.74, 6) is -0.609. The van der Waals surface area contributed by atoms with Gasteiger partial charge in [-0.05, 0) is 17.5 Å². The minimum atomic E-state index is -0.255. The van der Waals surface area contributed by atoms with Crippen molar-refractivity contribution in [2.45, 2.75) is 13.8 Å². The van der Waals surface area contributed by atoms with Gasteiger partial charge in [-0.15, -0.1) is 0 Å². The monoisotopic (exact) mass is 287 g/mol. The molecule has 3 rings (SSSR count). The van der Waals surface area contributed by atoms with Gasteiger partial charge >= 0.3 is 0 Å². The summed E-state index contributed by atoms with van der Waals surface area (Å²) >= 11 is 0. The fourth-order valence-electron chi connectivity index (χ4n) is 3.19. The Labute approximate surface area is 122 Å². The van der Waals surface area contributed by atoms with Crippen molar-refractivity contribution in [1.29, 1.82) is 0 Å². The molecule has 110 valence electrons. The lowest BCUT2D eigenvalue weighted by molar-refractivity contribution is -0.142. The number of hydrogen-bond donors (Lipinski definition) is 0. The minimum absolute atomic E-state index is 0.187. The Hall–Kier alpha value is -2.17. The molecule has 0 N–H and O–H groups in total. The molecule has 1 aliphatic heterocycles. The summed E-state index contributed by atoms with van der Waals surface area (Å²) in [7, 11) is 1.52. The predicted molar refractivity (Wildman–Crippen MR) is 74.8 cm³/mol. The molecular formula is C16H17NO4. The average Bonchev–Trinajstić information content (AvgIpc) is 2.94. The summed E-state index contributed by atoms with van der Waals surface area (Å²) in [6.07, 6.45) is 0. The van der Waals surface area contributed by atoms with Crippen molar-refractivity contribution in [1.82, 2.24) is 4.90 Å². The van der Waals surface area contributed by atoms with Crippen LogP contribution in [0.4, 0.5) is 0 Å². The van der Waals surface area contributed by atoms with Gasteiger partial charge < -0.3 is 4.74 Å². The molecule has 1 saturated heterocycles. The first kappa shape index (κ1) is 13.8. The summed E-state index contributed by atoms with van der Waals surface area (Å²) in [6, 6.07) is 6.71. The molecule has 1 aliphatic carbocycles. The normalized spacial score (nSPS) is 25.8. The molecule has 21 heavy (non-hydrogen) atoms. The Kier molecular flexibility index (Phi) is 2.90. The Morgan fingerprint density at radius 1 is 1.24 bits per heavy atom. The second-order valence-electron chi connectivity index (χ2n) is 6.19. The number of ketones is 1. The molecule has 1 aromatic carbocycles. The van der Waals surface area contributed by atoms with Gasteiger partial charge in [-0.1, -0.05) is 26.0 Å². The van der Waals surface area contributed by atoms with Gasteiger partial charge in [0, 0.05) is 5.56 Å². The molecule has 5 heteroatoms. The van der Waals surface area contributed by atoms with Gasteiger partial charge in [-0.3, -0.25) is 19.3 Å². The summed E-state index contributed by atoms with van der Waals surface area (Å²) in [5.41, 5.74) is 0.193. The number of piperidine rings is 1. The van der Waals surface area contributed by atoms with E-state index in [9.17, 15) is 14.4 Å². The number of rotatable bonds is 4. The van der Waals surface area contributed by atoms with E-state index in [0.717, 1.165) is 4.90 Å². The van der Waals surface area contributed by atoms with Gasteiger partial charge in [-0.25, -0.2) is 0 Å². The fourth-order valence-corrected chi connectivity index (χ4v) is 3.19. The number of amides is 2. The van der Waals surface area contributed by atoms with Gasteiger partial charge in [-0.2, -0.15) is 0 Å². The summed E-state index contributed by atoms with van der Waals surface area (Å²) in [5, 5.41) is 0. The van der Waals surface area contributed by atoms with Crippen LogP contribution in [0, 0.1) is 17.3 Å². The van der Waals surface area contributed by atoms with Crippen LogP contribution in [0.15, 0.2) is 24.3 Å². The van der Waals surface area contributed by atoms with E-state index in [-0.39, 0.29) is 41.4 Å². The topological polar surface area (TPSA) is 63.7 Å². The maximum atomic E-state index is 12.2. The molecule has 1 aromatic rings. The Bertz CT molecular complexity index is 625. The molecule has 2 aliphatic rings. The minimum Gasteiger partial charge on any atom is -0.497 e. The van der Waals surface area contributed by atoms with Crippen LogP contribution in [-0.4, -0.2) is 36.2 Å². The molecule has 2 atom stereocenters. The van der Waals surface area contributed by atoms with Crippen molar-refractivity contribution in [2.24, 2.45) is 17.3 Å².